The Morgan fingerprint density at radius 2 is 2.36 bits per heavy atom. The number of methoxy groups -OCH3 is 1. The summed E-state index contributed by atoms with van der Waals surface area (Å²) < 4.78 is 17.9. The first kappa shape index (κ1) is 10.2. The summed E-state index contributed by atoms with van der Waals surface area (Å²) in [6.07, 6.45) is 1.29. The van der Waals surface area contributed by atoms with Crippen molar-refractivity contribution in [3.05, 3.63) is 23.5 Å². The molecule has 0 saturated carbocycles. The third-order valence-corrected chi connectivity index (χ3v) is 1.69. The van der Waals surface area contributed by atoms with Gasteiger partial charge in [-0.2, -0.15) is 0 Å². The Bertz CT molecular complexity index is 386. The summed E-state index contributed by atoms with van der Waals surface area (Å²) in [7, 11) is 1.32. The van der Waals surface area contributed by atoms with Gasteiger partial charge in [-0.25, -0.2) is 14.2 Å². The molecule has 5 heteroatoms. The van der Waals surface area contributed by atoms with E-state index in [1.807, 2.05) is 0 Å². The molecule has 0 fully saturated rings. The van der Waals surface area contributed by atoms with Crippen molar-refractivity contribution in [3.8, 4) is 11.5 Å². The molecule has 1 rings (SSSR count). The summed E-state index contributed by atoms with van der Waals surface area (Å²) in [6.45, 7) is -0.146. The highest BCUT2D eigenvalue weighted by Gasteiger charge is 2.12. The molecule has 0 heterocycles. The molecule has 1 aromatic rings. The molecule has 0 aliphatic heterocycles. The molecule has 1 N–H and O–H groups in total. The lowest BCUT2D eigenvalue weighted by Crippen LogP contribution is -1.92. The first-order valence-corrected chi connectivity index (χ1v) is 3.78. The number of nitrogens with zero attached hydrogens (tertiary/aromatic N) is 1. The second-order valence-corrected chi connectivity index (χ2v) is 2.50. The Kier molecular flexibility index (Phi) is 3.20. The van der Waals surface area contributed by atoms with E-state index in [9.17, 15) is 14.3 Å². The molecule has 14 heavy (non-hydrogen) atoms. The average molecular weight is 197 g/mol. The Morgan fingerprint density at radius 3 is 2.93 bits per heavy atom. The van der Waals surface area contributed by atoms with Crippen LogP contribution < -0.4 is 4.74 Å². The third kappa shape index (κ3) is 1.89. The van der Waals surface area contributed by atoms with Crippen LogP contribution in [0.5, 0.6) is 11.5 Å². The van der Waals surface area contributed by atoms with Gasteiger partial charge < -0.3 is 9.84 Å². The number of ether oxygens (including phenoxy) is 1. The van der Waals surface area contributed by atoms with E-state index in [0.717, 1.165) is 0 Å². The van der Waals surface area contributed by atoms with E-state index >= 15 is 0 Å². The first-order chi connectivity index (χ1) is 6.70. The summed E-state index contributed by atoms with van der Waals surface area (Å²) in [6, 6.07) is 2.78. The van der Waals surface area contributed by atoms with Gasteiger partial charge in [0, 0.05) is 5.56 Å². The normalized spacial score (nSPS) is 9.29. The Labute approximate surface area is 79.7 Å². The molecule has 0 unspecified atom stereocenters. The van der Waals surface area contributed by atoms with E-state index in [-0.39, 0.29) is 17.9 Å². The maximum absolute atomic E-state index is 13.3. The van der Waals surface area contributed by atoms with Gasteiger partial charge >= 0.3 is 0 Å². The van der Waals surface area contributed by atoms with Crippen LogP contribution in [-0.4, -0.2) is 18.3 Å². The summed E-state index contributed by atoms with van der Waals surface area (Å²) in [5.41, 5.74) is 0.117. The van der Waals surface area contributed by atoms with Gasteiger partial charge in [0.15, 0.2) is 17.3 Å². The van der Waals surface area contributed by atoms with Crippen molar-refractivity contribution in [2.75, 3.05) is 7.11 Å². The Hall–Kier alpha value is -1.87. The molecular formula is C9H8FNO3. The quantitative estimate of drug-likeness (QED) is 0.588. The van der Waals surface area contributed by atoms with E-state index in [0.29, 0.717) is 0 Å². The molecule has 0 aliphatic carbocycles. The Morgan fingerprint density at radius 1 is 1.64 bits per heavy atom. The van der Waals surface area contributed by atoms with Gasteiger partial charge in [-0.3, -0.25) is 0 Å². The molecule has 0 radical (unpaired) electrons. The number of carbonyl (C=O) groups excluding carboxylic acids is 1. The molecule has 0 saturated heterocycles. The average Bonchev–Trinajstić information content (AvgIpc) is 2.20. The lowest BCUT2D eigenvalue weighted by Gasteiger charge is -2.06. The minimum absolute atomic E-state index is 0.0429. The molecule has 1 aromatic carbocycles. The topological polar surface area (TPSA) is 58.9 Å². The number of aromatic hydroxyl groups is 1. The fraction of sp³-hybridized carbons (Fsp3) is 0.222. The third-order valence-electron chi connectivity index (χ3n) is 1.69. The maximum atomic E-state index is 13.3. The summed E-state index contributed by atoms with van der Waals surface area (Å²) >= 11 is 0. The zero-order valence-electron chi connectivity index (χ0n) is 7.45. The number of hydrogen-bond acceptors (Lipinski definition) is 4. The second-order valence-electron chi connectivity index (χ2n) is 2.50. The molecule has 4 nitrogen and oxygen atoms in total. The second kappa shape index (κ2) is 4.39. The maximum Gasteiger partial charge on any atom is 0.235 e. The van der Waals surface area contributed by atoms with Crippen LogP contribution in [0.3, 0.4) is 0 Å². The number of aliphatic imine (C=N–C) groups is 1. The van der Waals surface area contributed by atoms with Crippen LogP contribution in [0.25, 0.3) is 0 Å². The zero-order chi connectivity index (χ0) is 10.6. The molecular weight excluding hydrogens is 189 g/mol. The molecule has 74 valence electrons. The SMILES string of the molecule is COc1ccc(CN=C=O)c(F)c1O. The first-order valence-electron chi connectivity index (χ1n) is 3.78. The van der Waals surface area contributed by atoms with Crippen LogP contribution in [0.4, 0.5) is 4.39 Å². The van der Waals surface area contributed by atoms with Crippen molar-refractivity contribution in [1.82, 2.24) is 0 Å². The van der Waals surface area contributed by atoms with Gasteiger partial charge in [-0.15, -0.1) is 0 Å². The number of phenolic OH excluding ortho intramolecular Hbond substituents is 1. The predicted molar refractivity (Wildman–Crippen MR) is 46.4 cm³/mol. The lowest BCUT2D eigenvalue weighted by atomic mass is 10.2. The van der Waals surface area contributed by atoms with Gasteiger partial charge in [0.05, 0.1) is 13.7 Å². The number of isocyanates is 1. The van der Waals surface area contributed by atoms with Crippen molar-refractivity contribution >= 4 is 6.08 Å². The van der Waals surface area contributed by atoms with Crippen molar-refractivity contribution in [1.29, 1.82) is 0 Å². The number of hydrogen-bond donors (Lipinski definition) is 1. The Balaban J connectivity index is 3.10. The van der Waals surface area contributed by atoms with Crippen molar-refractivity contribution < 1.29 is 19.0 Å². The van der Waals surface area contributed by atoms with Crippen LogP contribution >= 0.6 is 0 Å². The number of rotatable bonds is 3. The highest BCUT2D eigenvalue weighted by Crippen LogP contribution is 2.30. The van der Waals surface area contributed by atoms with Gasteiger partial charge in [-0.1, -0.05) is 6.07 Å². The van der Waals surface area contributed by atoms with E-state index in [4.69, 9.17) is 0 Å². The van der Waals surface area contributed by atoms with Gasteiger partial charge in [0.1, 0.15) is 0 Å². The van der Waals surface area contributed by atoms with Crippen molar-refractivity contribution in [2.45, 2.75) is 6.54 Å². The summed E-state index contributed by atoms with van der Waals surface area (Å²) in [5, 5.41) is 9.24. The number of halogens is 1. The van der Waals surface area contributed by atoms with E-state index < -0.39 is 11.6 Å². The van der Waals surface area contributed by atoms with E-state index in [1.165, 1.54) is 25.3 Å². The van der Waals surface area contributed by atoms with Gasteiger partial charge in [-0.05, 0) is 6.07 Å². The molecule has 0 bridgehead atoms. The fourth-order valence-electron chi connectivity index (χ4n) is 0.993. The largest absolute Gasteiger partial charge is 0.502 e. The van der Waals surface area contributed by atoms with Crippen LogP contribution in [0, 0.1) is 5.82 Å². The van der Waals surface area contributed by atoms with Crippen molar-refractivity contribution in [3.63, 3.8) is 0 Å². The highest BCUT2D eigenvalue weighted by atomic mass is 19.1. The molecule has 0 spiro atoms. The fourth-order valence-corrected chi connectivity index (χ4v) is 0.993. The number of phenols is 1. The van der Waals surface area contributed by atoms with Crippen LogP contribution in [0.15, 0.2) is 17.1 Å². The minimum Gasteiger partial charge on any atom is -0.502 e. The van der Waals surface area contributed by atoms with Crippen LogP contribution in [0.2, 0.25) is 0 Å². The van der Waals surface area contributed by atoms with E-state index in [1.54, 1.807) is 0 Å². The molecule has 0 amide bonds. The lowest BCUT2D eigenvalue weighted by molar-refractivity contribution is 0.355. The zero-order valence-corrected chi connectivity index (χ0v) is 7.45. The molecule has 0 atom stereocenters. The highest BCUT2D eigenvalue weighted by molar-refractivity contribution is 5.44. The van der Waals surface area contributed by atoms with E-state index in [2.05, 4.69) is 9.73 Å². The van der Waals surface area contributed by atoms with Gasteiger partial charge in [0.25, 0.3) is 0 Å². The predicted octanol–water partition coefficient (Wildman–Crippen LogP) is 1.38. The van der Waals surface area contributed by atoms with Crippen LogP contribution in [-0.2, 0) is 11.3 Å². The van der Waals surface area contributed by atoms with Gasteiger partial charge in [0.2, 0.25) is 6.08 Å². The summed E-state index contributed by atoms with van der Waals surface area (Å²) in [5.74, 6) is -1.37. The van der Waals surface area contributed by atoms with Crippen molar-refractivity contribution in [2.24, 2.45) is 4.99 Å². The monoisotopic (exact) mass is 197 g/mol. The molecule has 0 aliphatic rings. The standard InChI is InChI=1S/C9H8FNO3/c1-14-7-3-2-6(4-11-5-12)8(10)9(7)13/h2-3,13H,4H2,1H3. The van der Waals surface area contributed by atoms with Crippen LogP contribution in [0.1, 0.15) is 5.56 Å². The summed E-state index contributed by atoms with van der Waals surface area (Å²) in [4.78, 5) is 13.0. The number of benzene rings is 1. The smallest absolute Gasteiger partial charge is 0.235 e. The molecule has 0 aromatic heterocycles. The minimum atomic E-state index is -0.830.